The van der Waals surface area contributed by atoms with E-state index in [9.17, 15) is 0 Å². The normalized spacial score (nSPS) is 13.2. The van der Waals surface area contributed by atoms with E-state index in [0.717, 1.165) is 25.9 Å². The van der Waals surface area contributed by atoms with Crippen LogP contribution in [0.2, 0.25) is 0 Å². The zero-order valence-corrected chi connectivity index (χ0v) is 8.88. The van der Waals surface area contributed by atoms with E-state index in [-0.39, 0.29) is 0 Å². The van der Waals surface area contributed by atoms with Crippen molar-refractivity contribution in [1.29, 1.82) is 0 Å². The van der Waals surface area contributed by atoms with Gasteiger partial charge in [0.25, 0.3) is 0 Å². The zero-order chi connectivity index (χ0) is 9.94. The Labute approximate surface area is 81.5 Å². The van der Waals surface area contributed by atoms with Gasteiger partial charge in [-0.3, -0.25) is 0 Å². The number of hydrogen-bond acceptors (Lipinski definition) is 3. The number of unbranched alkanes of at least 4 members (excludes halogenated alkanes) is 3. The summed E-state index contributed by atoms with van der Waals surface area (Å²) in [7, 11) is 1.73. The van der Waals surface area contributed by atoms with Crippen LogP contribution in [-0.2, 0) is 4.74 Å². The molecule has 0 saturated carbocycles. The second-order valence-corrected chi connectivity index (χ2v) is 3.39. The maximum atomic E-state index is 8.54. The van der Waals surface area contributed by atoms with Crippen molar-refractivity contribution in [3.05, 3.63) is 0 Å². The van der Waals surface area contributed by atoms with E-state index >= 15 is 0 Å². The number of nitrogens with one attached hydrogen (secondary N) is 1. The fourth-order valence-corrected chi connectivity index (χ4v) is 1.10. The van der Waals surface area contributed by atoms with Crippen LogP contribution in [0.15, 0.2) is 0 Å². The predicted octanol–water partition coefficient (Wildman–Crippen LogP) is 1.16. The van der Waals surface area contributed by atoms with Crippen LogP contribution in [0.4, 0.5) is 0 Å². The van der Waals surface area contributed by atoms with Gasteiger partial charge in [0, 0.05) is 20.3 Å². The summed E-state index contributed by atoms with van der Waals surface area (Å²) in [5.74, 6) is 0. The lowest BCUT2D eigenvalue weighted by molar-refractivity contribution is 0.117. The first-order chi connectivity index (χ1) is 6.31. The van der Waals surface area contributed by atoms with Gasteiger partial charge in [-0.05, 0) is 26.3 Å². The molecular weight excluding hydrogens is 166 g/mol. The van der Waals surface area contributed by atoms with Crippen molar-refractivity contribution in [2.45, 2.75) is 38.7 Å². The molecule has 1 atom stereocenters. The molecule has 2 N–H and O–H groups in total. The third-order valence-corrected chi connectivity index (χ3v) is 2.10. The molecule has 0 amide bonds. The number of hydrogen-bond donors (Lipinski definition) is 2. The van der Waals surface area contributed by atoms with Crippen LogP contribution < -0.4 is 5.32 Å². The molecule has 1 unspecified atom stereocenters. The monoisotopic (exact) mass is 189 g/mol. The van der Waals surface area contributed by atoms with Crippen LogP contribution in [0.5, 0.6) is 0 Å². The van der Waals surface area contributed by atoms with E-state index in [1.165, 1.54) is 12.8 Å². The highest BCUT2D eigenvalue weighted by Gasteiger charge is 1.96. The van der Waals surface area contributed by atoms with Gasteiger partial charge in [-0.1, -0.05) is 12.8 Å². The second kappa shape index (κ2) is 9.96. The fraction of sp³-hybridized carbons (Fsp3) is 1.00. The van der Waals surface area contributed by atoms with E-state index in [1.54, 1.807) is 7.11 Å². The van der Waals surface area contributed by atoms with Gasteiger partial charge >= 0.3 is 0 Å². The Kier molecular flexibility index (Phi) is 9.87. The van der Waals surface area contributed by atoms with E-state index in [4.69, 9.17) is 9.84 Å². The minimum Gasteiger partial charge on any atom is -0.396 e. The Hall–Kier alpha value is -0.120. The molecule has 3 nitrogen and oxygen atoms in total. The van der Waals surface area contributed by atoms with Crippen LogP contribution >= 0.6 is 0 Å². The number of aliphatic hydroxyl groups is 1. The molecule has 13 heavy (non-hydrogen) atoms. The van der Waals surface area contributed by atoms with Crippen molar-refractivity contribution >= 4 is 0 Å². The van der Waals surface area contributed by atoms with Crippen molar-refractivity contribution < 1.29 is 9.84 Å². The fourth-order valence-electron chi connectivity index (χ4n) is 1.10. The highest BCUT2D eigenvalue weighted by molar-refractivity contribution is 4.54. The van der Waals surface area contributed by atoms with Gasteiger partial charge in [0.1, 0.15) is 0 Å². The van der Waals surface area contributed by atoms with Crippen molar-refractivity contribution in [1.82, 2.24) is 5.32 Å². The Bertz CT molecular complexity index is 98.9. The maximum absolute atomic E-state index is 8.54. The lowest BCUT2D eigenvalue weighted by atomic mass is 10.2. The van der Waals surface area contributed by atoms with E-state index in [1.807, 2.05) is 0 Å². The first kappa shape index (κ1) is 12.9. The standard InChI is InChI=1S/C10H23NO2/c1-10(13-2)9-11-7-5-3-4-6-8-12/h10-12H,3-9H2,1-2H3. The zero-order valence-electron chi connectivity index (χ0n) is 8.88. The third kappa shape index (κ3) is 9.80. The molecule has 0 radical (unpaired) electrons. The van der Waals surface area contributed by atoms with Crippen molar-refractivity contribution in [3.8, 4) is 0 Å². The molecule has 3 heteroatoms. The predicted molar refractivity (Wildman–Crippen MR) is 54.9 cm³/mol. The van der Waals surface area contributed by atoms with Crippen molar-refractivity contribution in [3.63, 3.8) is 0 Å². The first-order valence-corrected chi connectivity index (χ1v) is 5.15. The molecule has 0 aliphatic rings. The van der Waals surface area contributed by atoms with Crippen molar-refractivity contribution in [2.75, 3.05) is 26.8 Å². The average Bonchev–Trinajstić information content (AvgIpc) is 2.16. The van der Waals surface area contributed by atoms with Gasteiger partial charge in [0.05, 0.1) is 6.10 Å². The molecule has 0 saturated heterocycles. The summed E-state index contributed by atoms with van der Waals surface area (Å²) < 4.78 is 5.10. The smallest absolute Gasteiger partial charge is 0.0667 e. The Morgan fingerprint density at radius 3 is 2.54 bits per heavy atom. The summed E-state index contributed by atoms with van der Waals surface area (Å²) in [5, 5.41) is 11.9. The first-order valence-electron chi connectivity index (χ1n) is 5.15. The topological polar surface area (TPSA) is 41.5 Å². The number of aliphatic hydroxyl groups excluding tert-OH is 1. The SMILES string of the molecule is COC(C)CNCCCCCCO. The van der Waals surface area contributed by atoms with Crippen LogP contribution in [0.1, 0.15) is 32.6 Å². The molecular formula is C10H23NO2. The summed E-state index contributed by atoms with van der Waals surface area (Å²) in [4.78, 5) is 0. The van der Waals surface area contributed by atoms with Crippen molar-refractivity contribution in [2.24, 2.45) is 0 Å². The maximum Gasteiger partial charge on any atom is 0.0667 e. The largest absolute Gasteiger partial charge is 0.396 e. The summed E-state index contributed by atoms with van der Waals surface area (Å²) in [6.07, 6.45) is 4.77. The van der Waals surface area contributed by atoms with Crippen LogP contribution in [0.25, 0.3) is 0 Å². The Morgan fingerprint density at radius 2 is 1.92 bits per heavy atom. The summed E-state index contributed by atoms with van der Waals surface area (Å²) in [6.45, 7) is 4.36. The van der Waals surface area contributed by atoms with Gasteiger partial charge in [0.2, 0.25) is 0 Å². The quantitative estimate of drug-likeness (QED) is 0.535. The van der Waals surface area contributed by atoms with Gasteiger partial charge in [-0.15, -0.1) is 0 Å². The van der Waals surface area contributed by atoms with Crippen LogP contribution in [0, 0.1) is 0 Å². The molecule has 80 valence electrons. The summed E-state index contributed by atoms with van der Waals surface area (Å²) >= 11 is 0. The minimum absolute atomic E-state index is 0.303. The second-order valence-electron chi connectivity index (χ2n) is 3.39. The molecule has 0 aliphatic heterocycles. The lowest BCUT2D eigenvalue weighted by Gasteiger charge is -2.10. The average molecular weight is 189 g/mol. The molecule has 0 aromatic carbocycles. The highest BCUT2D eigenvalue weighted by atomic mass is 16.5. The number of rotatable bonds is 9. The van der Waals surface area contributed by atoms with Crippen LogP contribution in [0.3, 0.4) is 0 Å². The molecule has 0 fully saturated rings. The highest BCUT2D eigenvalue weighted by Crippen LogP contribution is 1.97. The molecule has 0 heterocycles. The molecule has 0 aromatic rings. The third-order valence-electron chi connectivity index (χ3n) is 2.10. The Balaban J connectivity index is 2.91. The van der Waals surface area contributed by atoms with Gasteiger partial charge in [-0.25, -0.2) is 0 Å². The summed E-state index contributed by atoms with van der Waals surface area (Å²) in [6, 6.07) is 0. The Morgan fingerprint density at radius 1 is 1.23 bits per heavy atom. The molecule has 0 rings (SSSR count). The number of ether oxygens (including phenoxy) is 1. The summed E-state index contributed by atoms with van der Waals surface area (Å²) in [5.41, 5.74) is 0. The van der Waals surface area contributed by atoms with E-state index < -0.39 is 0 Å². The molecule has 0 spiro atoms. The molecule has 0 aromatic heterocycles. The van der Waals surface area contributed by atoms with E-state index in [0.29, 0.717) is 12.7 Å². The van der Waals surface area contributed by atoms with E-state index in [2.05, 4.69) is 12.2 Å². The molecule has 0 aliphatic carbocycles. The van der Waals surface area contributed by atoms with Gasteiger partial charge in [0.15, 0.2) is 0 Å². The van der Waals surface area contributed by atoms with Gasteiger partial charge < -0.3 is 15.2 Å². The minimum atomic E-state index is 0.303. The number of methoxy groups -OCH3 is 1. The van der Waals surface area contributed by atoms with Gasteiger partial charge in [-0.2, -0.15) is 0 Å². The van der Waals surface area contributed by atoms with Crippen LogP contribution in [-0.4, -0.2) is 38.0 Å². The molecule has 0 bridgehead atoms. The lowest BCUT2D eigenvalue weighted by Crippen LogP contribution is -2.26.